The van der Waals surface area contributed by atoms with Crippen LogP contribution in [0.4, 0.5) is 0 Å². The largest absolute Gasteiger partial charge is 0.299 e. The van der Waals surface area contributed by atoms with Crippen molar-refractivity contribution in [3.05, 3.63) is 132 Å². The fourth-order valence-corrected chi connectivity index (χ4v) is 8.06. The number of rotatable bonds is 8. The van der Waals surface area contributed by atoms with E-state index in [1.807, 2.05) is 72.8 Å². The van der Waals surface area contributed by atoms with E-state index >= 15 is 0 Å². The Labute approximate surface area is 285 Å². The normalized spacial score (nSPS) is 12.7. The minimum absolute atomic E-state index is 0.0225. The molecule has 0 aliphatic heterocycles. The Hall–Kier alpha value is -1.89. The predicted molar refractivity (Wildman–Crippen MR) is 190 cm³/mol. The van der Waals surface area contributed by atoms with Crippen LogP contribution in [0, 0.1) is 10.7 Å². The van der Waals surface area contributed by atoms with Crippen LogP contribution in [0.3, 0.4) is 0 Å². The number of hydrogen-bond acceptors (Lipinski definition) is 5. The third-order valence-corrected chi connectivity index (χ3v) is 11.0. The molecule has 0 amide bonds. The Morgan fingerprint density at radius 2 is 0.952 bits per heavy atom. The zero-order valence-corrected chi connectivity index (χ0v) is 29.6. The Morgan fingerprint density at radius 1 is 0.548 bits per heavy atom. The van der Waals surface area contributed by atoms with Gasteiger partial charge in [-0.05, 0) is 144 Å². The lowest BCUT2D eigenvalue weighted by Crippen LogP contribution is -2.21. The van der Waals surface area contributed by atoms with Gasteiger partial charge >= 0.3 is 0 Å². The van der Waals surface area contributed by atoms with Crippen molar-refractivity contribution < 1.29 is 25.6 Å². The van der Waals surface area contributed by atoms with E-state index in [9.17, 15) is 21.4 Å². The van der Waals surface area contributed by atoms with E-state index in [1.165, 1.54) is 24.3 Å². The molecule has 6 nitrogen and oxygen atoms in total. The summed E-state index contributed by atoms with van der Waals surface area (Å²) in [6.45, 7) is 0. The first-order valence-corrected chi connectivity index (χ1v) is 18.5. The summed E-state index contributed by atoms with van der Waals surface area (Å²) in [4.78, 5) is -0.205. The summed E-state index contributed by atoms with van der Waals surface area (Å²) in [5.74, 6) is 0. The third kappa shape index (κ3) is 7.25. The molecule has 5 rings (SSSR count). The maximum Gasteiger partial charge on any atom is 0.299 e. The topological polar surface area (TPSA) is 97.7 Å². The molecule has 0 fully saturated rings. The number of hydrogen-bond donors (Lipinski definition) is 1. The van der Waals surface area contributed by atoms with Crippen molar-refractivity contribution in [3.8, 4) is 33.4 Å². The van der Waals surface area contributed by atoms with Gasteiger partial charge in [0.25, 0.3) is 20.2 Å². The molecule has 0 aliphatic carbocycles. The first-order valence-electron chi connectivity index (χ1n) is 12.3. The quantitative estimate of drug-likeness (QED) is 0.0950. The van der Waals surface area contributed by atoms with Crippen LogP contribution in [-0.2, 0) is 24.4 Å². The maximum atomic E-state index is 14.3. The fraction of sp³-hybridized carbons (Fsp3) is 0.0323. The SMILES string of the molecule is O=S(=O)(OC(c1ccccc1)S(=O)(=O)O)c1c(-c2ccc(I)cc2)cc(-c2ccc(I)cc2)cc1-c1ccc(I)cc1. The summed E-state index contributed by atoms with van der Waals surface area (Å²) < 4.78 is 71.9. The Balaban J connectivity index is 1.82. The molecule has 1 N–H and O–H groups in total. The molecule has 0 aromatic heterocycles. The molecule has 214 valence electrons. The average molecular weight is 934 g/mol. The highest BCUT2D eigenvalue weighted by Crippen LogP contribution is 2.42. The molecule has 0 saturated carbocycles. The second kappa shape index (κ2) is 13.0. The molecular weight excluding hydrogens is 913 g/mol. The molecule has 5 aromatic carbocycles. The van der Waals surface area contributed by atoms with Crippen LogP contribution in [0.2, 0.25) is 0 Å². The third-order valence-electron chi connectivity index (χ3n) is 6.38. The summed E-state index contributed by atoms with van der Waals surface area (Å²) in [6.07, 6.45) is 0. The van der Waals surface area contributed by atoms with Gasteiger partial charge in [-0.1, -0.05) is 66.7 Å². The van der Waals surface area contributed by atoms with Gasteiger partial charge in [0, 0.05) is 21.8 Å². The average Bonchev–Trinajstić information content (AvgIpc) is 2.96. The van der Waals surface area contributed by atoms with Crippen LogP contribution in [0.1, 0.15) is 11.0 Å². The van der Waals surface area contributed by atoms with Crippen LogP contribution in [-0.4, -0.2) is 21.4 Å². The molecule has 1 unspecified atom stereocenters. The zero-order valence-electron chi connectivity index (χ0n) is 21.5. The summed E-state index contributed by atoms with van der Waals surface area (Å²) in [7, 11) is -9.80. The molecule has 0 bridgehead atoms. The van der Waals surface area contributed by atoms with E-state index in [1.54, 1.807) is 18.2 Å². The Bertz CT molecular complexity index is 1880. The highest BCUT2D eigenvalue weighted by Gasteiger charge is 2.36. The maximum absolute atomic E-state index is 14.3. The van der Waals surface area contributed by atoms with Gasteiger partial charge in [-0.3, -0.25) is 4.55 Å². The molecule has 5 aromatic rings. The summed E-state index contributed by atoms with van der Waals surface area (Å²) in [5.41, 5.74) is 1.32. The molecule has 0 heterocycles. The summed E-state index contributed by atoms with van der Waals surface area (Å²) >= 11 is 6.57. The van der Waals surface area contributed by atoms with Crippen molar-refractivity contribution in [1.29, 1.82) is 0 Å². The van der Waals surface area contributed by atoms with Crippen LogP contribution in [0.25, 0.3) is 33.4 Å². The van der Waals surface area contributed by atoms with Crippen LogP contribution in [0.15, 0.2) is 120 Å². The smallest absolute Gasteiger partial charge is 0.283 e. The minimum Gasteiger partial charge on any atom is -0.283 e. The molecule has 42 heavy (non-hydrogen) atoms. The molecule has 1 atom stereocenters. The van der Waals surface area contributed by atoms with E-state index in [-0.39, 0.29) is 10.5 Å². The lowest BCUT2D eigenvalue weighted by Gasteiger charge is -2.21. The van der Waals surface area contributed by atoms with Crippen molar-refractivity contribution in [3.63, 3.8) is 0 Å². The standard InChI is InChI=1S/C31H21I3O6S2/c32-25-12-6-20(7-13-25)24-18-28(21-8-14-26(33)15-9-21)30(29(19-24)22-10-16-27(34)17-11-22)42(38,39)40-31(41(35,36)37)23-4-2-1-3-5-23/h1-19,31H,(H,35,36,37). The number of benzene rings is 5. The fourth-order valence-electron chi connectivity index (χ4n) is 4.45. The van der Waals surface area contributed by atoms with E-state index in [0.717, 1.165) is 21.8 Å². The molecular formula is C31H21I3O6S2. The zero-order chi connectivity index (χ0) is 30.1. The van der Waals surface area contributed by atoms with Crippen LogP contribution < -0.4 is 0 Å². The van der Waals surface area contributed by atoms with Crippen LogP contribution in [0.5, 0.6) is 0 Å². The predicted octanol–water partition coefficient (Wildman–Crippen LogP) is 8.79. The van der Waals surface area contributed by atoms with Gasteiger partial charge in [-0.25, -0.2) is 4.18 Å². The molecule has 11 heteroatoms. The van der Waals surface area contributed by atoms with Crippen molar-refractivity contribution >= 4 is 88.0 Å². The monoisotopic (exact) mass is 934 g/mol. The van der Waals surface area contributed by atoms with Gasteiger partial charge < -0.3 is 0 Å². The highest BCUT2D eigenvalue weighted by atomic mass is 127. The lowest BCUT2D eigenvalue weighted by atomic mass is 9.93. The second-order valence-electron chi connectivity index (χ2n) is 9.23. The Morgan fingerprint density at radius 3 is 1.36 bits per heavy atom. The summed E-state index contributed by atoms with van der Waals surface area (Å²) in [6, 6.07) is 33.5. The first kappa shape index (κ1) is 31.5. The van der Waals surface area contributed by atoms with Crippen molar-refractivity contribution in [2.45, 2.75) is 10.3 Å². The van der Waals surface area contributed by atoms with Crippen LogP contribution >= 0.6 is 67.8 Å². The van der Waals surface area contributed by atoms with Gasteiger partial charge in [-0.15, -0.1) is 0 Å². The van der Waals surface area contributed by atoms with Gasteiger partial charge in [0.05, 0.1) is 0 Å². The van der Waals surface area contributed by atoms with Gasteiger partial charge in [0.2, 0.25) is 5.44 Å². The van der Waals surface area contributed by atoms with Crippen molar-refractivity contribution in [1.82, 2.24) is 0 Å². The molecule has 0 saturated heterocycles. The molecule has 0 radical (unpaired) electrons. The molecule has 0 spiro atoms. The van der Waals surface area contributed by atoms with E-state index < -0.39 is 25.7 Å². The van der Waals surface area contributed by atoms with Crippen molar-refractivity contribution in [2.75, 3.05) is 0 Å². The Kier molecular flexibility index (Phi) is 9.76. The molecule has 0 aliphatic rings. The first-order chi connectivity index (χ1) is 19.9. The second-order valence-corrected chi connectivity index (χ2v) is 15.9. The summed E-state index contributed by atoms with van der Waals surface area (Å²) in [5, 5.41) is 0. The minimum atomic E-state index is -4.98. The number of halogens is 3. The lowest BCUT2D eigenvalue weighted by molar-refractivity contribution is 0.266. The van der Waals surface area contributed by atoms with Crippen molar-refractivity contribution in [2.24, 2.45) is 0 Å². The highest BCUT2D eigenvalue weighted by molar-refractivity contribution is 14.1. The van der Waals surface area contributed by atoms with Gasteiger partial charge in [-0.2, -0.15) is 16.8 Å². The van der Waals surface area contributed by atoms with Gasteiger partial charge in [0.1, 0.15) is 4.90 Å². The van der Waals surface area contributed by atoms with E-state index in [2.05, 4.69) is 67.8 Å². The van der Waals surface area contributed by atoms with E-state index in [4.69, 9.17) is 4.18 Å². The van der Waals surface area contributed by atoms with Gasteiger partial charge in [0.15, 0.2) is 0 Å². The van der Waals surface area contributed by atoms with E-state index in [0.29, 0.717) is 22.3 Å².